The van der Waals surface area contributed by atoms with Crippen LogP contribution in [-0.4, -0.2) is 31.9 Å². The smallest absolute Gasteiger partial charge is 0.311 e. The first-order valence-electron chi connectivity index (χ1n) is 7.41. The van der Waals surface area contributed by atoms with Crippen molar-refractivity contribution in [2.24, 2.45) is 0 Å². The zero-order chi connectivity index (χ0) is 19.3. The normalized spacial score (nSPS) is 11.0. The Labute approximate surface area is 159 Å². The SMILES string of the molecule is CCOC(=O)Cc1csc(NS(=O)(=O)c2ccc(NC(C)=O)c(Cl)c2)n1. The van der Waals surface area contributed by atoms with E-state index in [-0.39, 0.29) is 34.0 Å². The number of benzene rings is 1. The first kappa shape index (κ1) is 20.1. The Morgan fingerprint density at radius 3 is 2.69 bits per heavy atom. The van der Waals surface area contributed by atoms with Gasteiger partial charge in [-0.1, -0.05) is 11.6 Å². The van der Waals surface area contributed by atoms with Gasteiger partial charge in [0.05, 0.1) is 34.3 Å². The first-order valence-corrected chi connectivity index (χ1v) is 10.2. The molecule has 0 spiro atoms. The maximum Gasteiger partial charge on any atom is 0.311 e. The number of esters is 1. The van der Waals surface area contributed by atoms with Gasteiger partial charge in [-0.25, -0.2) is 13.4 Å². The van der Waals surface area contributed by atoms with Crippen molar-refractivity contribution in [3.63, 3.8) is 0 Å². The minimum atomic E-state index is -3.92. The Bertz CT molecular complexity index is 927. The molecule has 0 unspecified atom stereocenters. The largest absolute Gasteiger partial charge is 0.466 e. The second-order valence-corrected chi connectivity index (χ2v) is 8.00. The van der Waals surface area contributed by atoms with Gasteiger partial charge in [-0.15, -0.1) is 11.3 Å². The van der Waals surface area contributed by atoms with E-state index in [1.54, 1.807) is 12.3 Å². The van der Waals surface area contributed by atoms with Crippen molar-refractivity contribution in [1.29, 1.82) is 0 Å². The summed E-state index contributed by atoms with van der Waals surface area (Å²) in [5.41, 5.74) is 0.717. The Morgan fingerprint density at radius 1 is 1.35 bits per heavy atom. The van der Waals surface area contributed by atoms with E-state index in [4.69, 9.17) is 16.3 Å². The van der Waals surface area contributed by atoms with Gasteiger partial charge in [0.1, 0.15) is 0 Å². The van der Waals surface area contributed by atoms with Gasteiger partial charge in [0.25, 0.3) is 10.0 Å². The highest BCUT2D eigenvalue weighted by molar-refractivity contribution is 7.93. The summed E-state index contributed by atoms with van der Waals surface area (Å²) in [6, 6.07) is 3.93. The van der Waals surface area contributed by atoms with Gasteiger partial charge in [-0.2, -0.15) is 0 Å². The van der Waals surface area contributed by atoms with Crippen LogP contribution in [0.4, 0.5) is 10.8 Å². The number of halogens is 1. The topological polar surface area (TPSA) is 114 Å². The van der Waals surface area contributed by atoms with Crippen molar-refractivity contribution in [3.8, 4) is 0 Å². The number of hydrogen-bond donors (Lipinski definition) is 2. The Balaban J connectivity index is 2.14. The van der Waals surface area contributed by atoms with E-state index >= 15 is 0 Å². The van der Waals surface area contributed by atoms with E-state index in [1.165, 1.54) is 25.1 Å². The number of rotatable bonds is 7. The fraction of sp³-hybridized carbons (Fsp3) is 0.267. The van der Waals surface area contributed by atoms with Gasteiger partial charge in [-0.05, 0) is 25.1 Å². The van der Waals surface area contributed by atoms with Crippen LogP contribution in [0.25, 0.3) is 0 Å². The number of anilines is 2. The molecule has 2 aromatic rings. The highest BCUT2D eigenvalue weighted by atomic mass is 35.5. The van der Waals surface area contributed by atoms with Crippen LogP contribution < -0.4 is 10.0 Å². The third kappa shape index (κ3) is 5.41. The number of carbonyl (C=O) groups is 2. The second kappa shape index (κ2) is 8.47. The molecule has 26 heavy (non-hydrogen) atoms. The average Bonchev–Trinajstić information content (AvgIpc) is 2.95. The lowest BCUT2D eigenvalue weighted by molar-refractivity contribution is -0.142. The van der Waals surface area contributed by atoms with Crippen LogP contribution >= 0.6 is 22.9 Å². The van der Waals surface area contributed by atoms with Gasteiger partial charge in [0, 0.05) is 12.3 Å². The second-order valence-electron chi connectivity index (χ2n) is 5.05. The molecule has 0 radical (unpaired) electrons. The van der Waals surface area contributed by atoms with Crippen molar-refractivity contribution in [2.45, 2.75) is 25.2 Å². The summed E-state index contributed by atoms with van der Waals surface area (Å²) in [6.07, 6.45) is -0.0384. The summed E-state index contributed by atoms with van der Waals surface area (Å²) < 4.78 is 32.0. The Kier molecular flexibility index (Phi) is 6.57. The molecule has 2 rings (SSSR count). The van der Waals surface area contributed by atoms with Crippen LogP contribution in [0.1, 0.15) is 19.5 Å². The quantitative estimate of drug-likeness (QED) is 0.669. The van der Waals surface area contributed by atoms with E-state index in [9.17, 15) is 18.0 Å². The molecule has 1 aromatic heterocycles. The van der Waals surface area contributed by atoms with Crippen LogP contribution in [0.2, 0.25) is 5.02 Å². The third-order valence-corrected chi connectivity index (χ3v) is 5.55. The standard InChI is InChI=1S/C15H16ClN3O5S2/c1-3-24-14(21)6-10-8-25-15(18-10)19-26(22,23)11-4-5-13(12(16)7-11)17-9(2)20/h4-5,7-8H,3,6H2,1-2H3,(H,17,20)(H,18,19). The zero-order valence-electron chi connectivity index (χ0n) is 13.9. The molecular weight excluding hydrogens is 402 g/mol. The lowest BCUT2D eigenvalue weighted by Crippen LogP contribution is -2.14. The van der Waals surface area contributed by atoms with Crippen LogP contribution in [0.3, 0.4) is 0 Å². The first-order chi connectivity index (χ1) is 12.2. The summed E-state index contributed by atoms with van der Waals surface area (Å²) in [5, 5.41) is 4.27. The van der Waals surface area contributed by atoms with Crippen molar-refractivity contribution in [1.82, 2.24) is 4.98 Å². The molecular formula is C15H16ClN3O5S2. The van der Waals surface area contributed by atoms with E-state index in [1.807, 2.05) is 0 Å². The minimum absolute atomic E-state index is 0.0384. The molecule has 0 saturated heterocycles. The van der Waals surface area contributed by atoms with Crippen LogP contribution in [-0.2, 0) is 30.8 Å². The molecule has 0 aliphatic carbocycles. The van der Waals surface area contributed by atoms with Gasteiger partial charge >= 0.3 is 5.97 Å². The molecule has 0 aliphatic heterocycles. The number of ether oxygens (including phenoxy) is 1. The summed E-state index contributed by atoms with van der Waals surface area (Å²) in [5.74, 6) is -0.759. The van der Waals surface area contributed by atoms with E-state index < -0.39 is 16.0 Å². The van der Waals surface area contributed by atoms with Gasteiger partial charge < -0.3 is 10.1 Å². The molecule has 2 N–H and O–H groups in total. The summed E-state index contributed by atoms with van der Waals surface area (Å²) in [4.78, 5) is 26.5. The molecule has 0 fully saturated rings. The molecule has 1 amide bonds. The third-order valence-electron chi connectivity index (χ3n) is 2.97. The monoisotopic (exact) mass is 417 g/mol. The number of nitrogens with one attached hydrogen (secondary N) is 2. The number of sulfonamides is 1. The molecule has 8 nitrogen and oxygen atoms in total. The fourth-order valence-electron chi connectivity index (χ4n) is 1.92. The number of hydrogen-bond acceptors (Lipinski definition) is 7. The highest BCUT2D eigenvalue weighted by Gasteiger charge is 2.18. The van der Waals surface area contributed by atoms with Crippen LogP contribution in [0.15, 0.2) is 28.5 Å². The van der Waals surface area contributed by atoms with Crippen molar-refractivity contribution in [3.05, 3.63) is 34.3 Å². The van der Waals surface area contributed by atoms with Crippen LogP contribution in [0.5, 0.6) is 0 Å². The van der Waals surface area contributed by atoms with Gasteiger partial charge in [0.2, 0.25) is 5.91 Å². The number of aromatic nitrogens is 1. The summed E-state index contributed by atoms with van der Waals surface area (Å²) in [6.45, 7) is 3.28. The Hall–Kier alpha value is -2.17. The molecule has 140 valence electrons. The molecule has 0 aliphatic rings. The number of carbonyl (C=O) groups excluding carboxylic acids is 2. The Morgan fingerprint density at radius 2 is 2.08 bits per heavy atom. The zero-order valence-corrected chi connectivity index (χ0v) is 16.3. The maximum atomic E-state index is 12.4. The van der Waals surface area contributed by atoms with Crippen molar-refractivity contribution < 1.29 is 22.7 Å². The molecule has 11 heteroatoms. The maximum absolute atomic E-state index is 12.4. The average molecular weight is 418 g/mol. The van der Waals surface area contributed by atoms with E-state index in [2.05, 4.69) is 15.0 Å². The summed E-state index contributed by atoms with van der Waals surface area (Å²) >= 11 is 7.05. The van der Waals surface area contributed by atoms with Crippen molar-refractivity contribution in [2.75, 3.05) is 16.6 Å². The van der Waals surface area contributed by atoms with E-state index in [0.29, 0.717) is 11.4 Å². The number of amides is 1. The van der Waals surface area contributed by atoms with Gasteiger partial charge in [0.15, 0.2) is 5.13 Å². The van der Waals surface area contributed by atoms with E-state index in [0.717, 1.165) is 11.3 Å². The molecule has 0 atom stereocenters. The van der Waals surface area contributed by atoms with Crippen LogP contribution in [0, 0.1) is 0 Å². The van der Waals surface area contributed by atoms with Gasteiger partial charge in [-0.3, -0.25) is 14.3 Å². The minimum Gasteiger partial charge on any atom is -0.466 e. The molecule has 1 aromatic carbocycles. The number of nitrogens with zero attached hydrogens (tertiary/aromatic N) is 1. The molecule has 0 bridgehead atoms. The molecule has 1 heterocycles. The lowest BCUT2D eigenvalue weighted by Gasteiger charge is -2.09. The lowest BCUT2D eigenvalue weighted by atomic mass is 10.3. The predicted octanol–water partition coefficient (Wildman–Crippen LogP) is 2.66. The summed E-state index contributed by atoms with van der Waals surface area (Å²) in [7, 11) is -3.92. The predicted molar refractivity (Wildman–Crippen MR) is 99.0 cm³/mol. The van der Waals surface area contributed by atoms with Crippen molar-refractivity contribution >= 4 is 55.7 Å². The highest BCUT2D eigenvalue weighted by Crippen LogP contribution is 2.27. The fourth-order valence-corrected chi connectivity index (χ4v) is 4.20. The number of thiazole rings is 1. The molecule has 0 saturated carbocycles.